The zero-order valence-electron chi connectivity index (χ0n) is 22.9. The Hall–Kier alpha value is -3.18. The van der Waals surface area contributed by atoms with Gasteiger partial charge in [-0.15, -0.1) is 0 Å². The molecule has 0 aliphatic rings. The molecule has 9 N–H and O–H groups in total. The maximum absolute atomic E-state index is 13.2. The first-order valence-corrected chi connectivity index (χ1v) is 13.2. The lowest BCUT2D eigenvalue weighted by atomic mass is 9.99. The number of carbonyl (C=O) groups is 4. The number of phenols is 1. The third-order valence-electron chi connectivity index (χ3n) is 5.97. The van der Waals surface area contributed by atoms with Crippen molar-refractivity contribution in [2.24, 2.45) is 23.3 Å². The number of carboxylic acid groups (broad SMARTS) is 1. The van der Waals surface area contributed by atoms with Crippen molar-refractivity contribution in [1.82, 2.24) is 16.0 Å². The van der Waals surface area contributed by atoms with Crippen LogP contribution in [-0.2, 0) is 25.6 Å². The Kier molecular flexibility index (Phi) is 14.4. The number of unbranched alkanes of at least 4 members (excludes halogenated alkanes) is 1. The fourth-order valence-corrected chi connectivity index (χ4v) is 3.97. The van der Waals surface area contributed by atoms with E-state index in [1.54, 1.807) is 12.1 Å². The fourth-order valence-electron chi connectivity index (χ4n) is 3.97. The third kappa shape index (κ3) is 12.4. The molecule has 214 valence electrons. The maximum Gasteiger partial charge on any atom is 0.326 e. The summed E-state index contributed by atoms with van der Waals surface area (Å²) in [6.45, 7) is 8.12. The van der Waals surface area contributed by atoms with Gasteiger partial charge in [-0.25, -0.2) is 4.79 Å². The lowest BCUT2D eigenvalue weighted by molar-refractivity contribution is -0.142. The Labute approximate surface area is 225 Å². The molecule has 0 spiro atoms. The summed E-state index contributed by atoms with van der Waals surface area (Å²) >= 11 is 0. The van der Waals surface area contributed by atoms with E-state index in [0.717, 1.165) is 0 Å². The second-order valence-electron chi connectivity index (χ2n) is 10.5. The van der Waals surface area contributed by atoms with Crippen LogP contribution in [0.25, 0.3) is 0 Å². The van der Waals surface area contributed by atoms with Gasteiger partial charge in [0.2, 0.25) is 17.7 Å². The SMILES string of the molecule is CC(C)CC(N)C(=O)NC(CC(C)C)C(=O)NC(CCCCN)C(=O)NC(Cc1ccc(O)cc1)C(=O)O. The topological polar surface area (TPSA) is 197 Å². The van der Waals surface area contributed by atoms with Crippen molar-refractivity contribution in [3.63, 3.8) is 0 Å². The zero-order valence-corrected chi connectivity index (χ0v) is 22.9. The van der Waals surface area contributed by atoms with Crippen molar-refractivity contribution in [1.29, 1.82) is 0 Å². The van der Waals surface area contributed by atoms with E-state index in [1.165, 1.54) is 12.1 Å². The van der Waals surface area contributed by atoms with Gasteiger partial charge in [-0.2, -0.15) is 0 Å². The molecule has 0 aromatic heterocycles. The first kappa shape index (κ1) is 32.8. The molecular formula is C27H45N5O6. The fraction of sp³-hybridized carbons (Fsp3) is 0.630. The Balaban J connectivity index is 3.02. The van der Waals surface area contributed by atoms with E-state index in [9.17, 15) is 29.4 Å². The molecule has 1 aromatic carbocycles. The summed E-state index contributed by atoms with van der Waals surface area (Å²) < 4.78 is 0. The summed E-state index contributed by atoms with van der Waals surface area (Å²) in [6.07, 6.45) is 2.18. The largest absolute Gasteiger partial charge is 0.508 e. The number of phenolic OH excluding ortho intramolecular Hbond substituents is 1. The number of nitrogens with two attached hydrogens (primary N) is 2. The summed E-state index contributed by atoms with van der Waals surface area (Å²) in [6, 6.07) is 2.06. The smallest absolute Gasteiger partial charge is 0.326 e. The second kappa shape index (κ2) is 16.6. The van der Waals surface area contributed by atoms with E-state index in [0.29, 0.717) is 37.8 Å². The van der Waals surface area contributed by atoms with Crippen LogP contribution in [0.15, 0.2) is 24.3 Å². The third-order valence-corrected chi connectivity index (χ3v) is 5.97. The van der Waals surface area contributed by atoms with Crippen LogP contribution < -0.4 is 27.4 Å². The van der Waals surface area contributed by atoms with Gasteiger partial charge >= 0.3 is 5.97 Å². The van der Waals surface area contributed by atoms with E-state index >= 15 is 0 Å². The number of carbonyl (C=O) groups excluding carboxylic acids is 3. The number of carboxylic acids is 1. The predicted molar refractivity (Wildman–Crippen MR) is 145 cm³/mol. The van der Waals surface area contributed by atoms with Gasteiger partial charge in [0.1, 0.15) is 23.9 Å². The van der Waals surface area contributed by atoms with Crippen LogP contribution in [-0.4, -0.2) is 64.6 Å². The number of rotatable bonds is 17. The Morgan fingerprint density at radius 2 is 1.32 bits per heavy atom. The number of benzene rings is 1. The van der Waals surface area contributed by atoms with Crippen LogP contribution >= 0.6 is 0 Å². The number of amides is 3. The highest BCUT2D eigenvalue weighted by Gasteiger charge is 2.30. The van der Waals surface area contributed by atoms with Crippen molar-refractivity contribution in [2.75, 3.05) is 6.54 Å². The molecule has 0 fully saturated rings. The van der Waals surface area contributed by atoms with Crippen LogP contribution in [0.3, 0.4) is 0 Å². The van der Waals surface area contributed by atoms with Crippen molar-refractivity contribution in [3.05, 3.63) is 29.8 Å². The Morgan fingerprint density at radius 3 is 1.84 bits per heavy atom. The van der Waals surface area contributed by atoms with Gasteiger partial charge in [-0.1, -0.05) is 39.8 Å². The summed E-state index contributed by atoms with van der Waals surface area (Å²) in [7, 11) is 0. The second-order valence-corrected chi connectivity index (χ2v) is 10.5. The van der Waals surface area contributed by atoms with Gasteiger partial charge in [0.05, 0.1) is 6.04 Å². The minimum Gasteiger partial charge on any atom is -0.508 e. The number of aliphatic carboxylic acids is 1. The number of hydrogen-bond donors (Lipinski definition) is 7. The van der Waals surface area contributed by atoms with Gasteiger partial charge in [-0.05, 0) is 68.2 Å². The molecule has 4 unspecified atom stereocenters. The van der Waals surface area contributed by atoms with E-state index in [4.69, 9.17) is 11.5 Å². The molecule has 0 heterocycles. The standard InChI is InChI=1S/C27H45N5O6/c1-16(2)13-20(29)24(34)31-22(14-17(3)4)26(36)30-21(7-5-6-12-28)25(35)32-23(27(37)38)15-18-8-10-19(33)11-9-18/h8-11,16-17,20-23,33H,5-7,12-15,28-29H2,1-4H3,(H,30,36)(H,31,34)(H,32,35)(H,37,38). The van der Waals surface area contributed by atoms with Crippen molar-refractivity contribution in [2.45, 2.75) is 90.4 Å². The van der Waals surface area contributed by atoms with Gasteiger partial charge in [0.15, 0.2) is 0 Å². The van der Waals surface area contributed by atoms with Crippen LogP contribution in [0.5, 0.6) is 5.75 Å². The summed E-state index contributed by atoms with van der Waals surface area (Å²) in [5, 5.41) is 27.1. The van der Waals surface area contributed by atoms with Crippen molar-refractivity contribution in [3.8, 4) is 5.75 Å². The molecule has 0 saturated heterocycles. The van der Waals surface area contributed by atoms with E-state index in [1.807, 2.05) is 27.7 Å². The molecule has 0 aliphatic heterocycles. The molecule has 0 saturated carbocycles. The molecule has 11 heteroatoms. The van der Waals surface area contributed by atoms with Crippen LogP contribution in [0.1, 0.15) is 65.4 Å². The van der Waals surface area contributed by atoms with Gasteiger partial charge < -0.3 is 37.6 Å². The van der Waals surface area contributed by atoms with Crippen LogP contribution in [0, 0.1) is 11.8 Å². The lowest BCUT2D eigenvalue weighted by Crippen LogP contribution is -2.57. The molecule has 0 bridgehead atoms. The van der Waals surface area contributed by atoms with Crippen LogP contribution in [0.4, 0.5) is 0 Å². The molecule has 38 heavy (non-hydrogen) atoms. The average Bonchev–Trinajstić information content (AvgIpc) is 2.82. The molecule has 11 nitrogen and oxygen atoms in total. The predicted octanol–water partition coefficient (Wildman–Crippen LogP) is 1.02. The quantitative estimate of drug-likeness (QED) is 0.143. The van der Waals surface area contributed by atoms with Gasteiger partial charge in [0.25, 0.3) is 0 Å². The van der Waals surface area contributed by atoms with Crippen molar-refractivity contribution < 1.29 is 29.4 Å². The highest BCUT2D eigenvalue weighted by atomic mass is 16.4. The van der Waals surface area contributed by atoms with Gasteiger partial charge in [0, 0.05) is 6.42 Å². The summed E-state index contributed by atoms with van der Waals surface area (Å²) in [5.41, 5.74) is 12.2. The van der Waals surface area contributed by atoms with Crippen molar-refractivity contribution >= 4 is 23.7 Å². The molecule has 0 radical (unpaired) electrons. The summed E-state index contributed by atoms with van der Waals surface area (Å²) in [4.78, 5) is 50.9. The molecule has 3 amide bonds. The minimum atomic E-state index is -1.25. The van der Waals surface area contributed by atoms with E-state index < -0.39 is 47.9 Å². The molecule has 0 aliphatic carbocycles. The molecule has 1 rings (SSSR count). The number of hydrogen-bond acceptors (Lipinski definition) is 7. The lowest BCUT2D eigenvalue weighted by Gasteiger charge is -2.26. The zero-order chi connectivity index (χ0) is 28.8. The first-order valence-electron chi connectivity index (χ1n) is 13.2. The Bertz CT molecular complexity index is 906. The minimum absolute atomic E-state index is 0.00933. The van der Waals surface area contributed by atoms with E-state index in [2.05, 4.69) is 16.0 Å². The number of aromatic hydroxyl groups is 1. The van der Waals surface area contributed by atoms with E-state index in [-0.39, 0.29) is 30.4 Å². The Morgan fingerprint density at radius 1 is 0.789 bits per heavy atom. The molecule has 1 aromatic rings. The normalized spacial score (nSPS) is 14.4. The monoisotopic (exact) mass is 535 g/mol. The van der Waals surface area contributed by atoms with Gasteiger partial charge in [-0.3, -0.25) is 14.4 Å². The summed E-state index contributed by atoms with van der Waals surface area (Å²) in [5.74, 6) is -2.55. The highest BCUT2D eigenvalue weighted by molar-refractivity contribution is 5.94. The first-order chi connectivity index (χ1) is 17.8. The average molecular weight is 536 g/mol. The highest BCUT2D eigenvalue weighted by Crippen LogP contribution is 2.13. The molecular weight excluding hydrogens is 490 g/mol. The maximum atomic E-state index is 13.2. The molecule has 4 atom stereocenters. The number of nitrogens with one attached hydrogen (secondary N) is 3. The van der Waals surface area contributed by atoms with Crippen LogP contribution in [0.2, 0.25) is 0 Å².